The fraction of sp³-hybridized carbons (Fsp3) is 0.960. The lowest BCUT2D eigenvalue weighted by molar-refractivity contribution is -0.111. The van der Waals surface area contributed by atoms with Crippen molar-refractivity contribution >= 4 is 6.29 Å². The Labute approximate surface area is 179 Å². The van der Waals surface area contributed by atoms with E-state index in [0.29, 0.717) is 5.92 Å². The van der Waals surface area contributed by atoms with Gasteiger partial charge in [-0.3, -0.25) is 0 Å². The summed E-state index contributed by atoms with van der Waals surface area (Å²) in [6, 6.07) is 0. The van der Waals surface area contributed by atoms with Crippen molar-refractivity contribution in [1.29, 1.82) is 0 Å². The summed E-state index contributed by atoms with van der Waals surface area (Å²) >= 11 is 0. The second-order valence-corrected chi connectivity index (χ2v) is 6.94. The number of carbonyl (C=O) groups is 1. The maximum atomic E-state index is 10.7. The van der Waals surface area contributed by atoms with Crippen LogP contribution in [0.5, 0.6) is 0 Å². The molecule has 0 saturated carbocycles. The normalized spacial score (nSPS) is 10.4. The van der Waals surface area contributed by atoms with E-state index in [1.807, 2.05) is 13.8 Å². The predicted molar refractivity (Wildman–Crippen MR) is 129 cm³/mol. The maximum absolute atomic E-state index is 10.7. The van der Waals surface area contributed by atoms with E-state index in [1.165, 1.54) is 64.3 Å². The van der Waals surface area contributed by atoms with Gasteiger partial charge in [-0.2, -0.15) is 0 Å². The molecule has 0 fully saturated rings. The van der Waals surface area contributed by atoms with Gasteiger partial charge in [0, 0.05) is 19.6 Å². The predicted octanol–water partition coefficient (Wildman–Crippen LogP) is 7.82. The highest BCUT2D eigenvalue weighted by Gasteiger charge is 2.05. The maximum Gasteiger partial charge on any atom is 0.123 e. The van der Waals surface area contributed by atoms with E-state index >= 15 is 0 Å². The first-order chi connectivity index (χ1) is 13.7. The second kappa shape index (κ2) is 41.1. The Kier molecular flexibility index (Phi) is 51.4. The first kappa shape index (κ1) is 35.1. The fourth-order valence-electron chi connectivity index (χ4n) is 2.46. The zero-order chi connectivity index (χ0) is 22.3. The van der Waals surface area contributed by atoms with Gasteiger partial charge in [-0.1, -0.05) is 99.8 Å². The molecule has 1 N–H and O–H groups in total. The molecule has 0 aliphatic rings. The van der Waals surface area contributed by atoms with Crippen LogP contribution in [-0.4, -0.2) is 33.1 Å². The van der Waals surface area contributed by atoms with Gasteiger partial charge >= 0.3 is 0 Å². The van der Waals surface area contributed by atoms with Crippen LogP contribution in [0, 0.1) is 5.92 Å². The van der Waals surface area contributed by atoms with Crippen molar-refractivity contribution in [1.82, 2.24) is 5.32 Å². The highest BCUT2D eigenvalue weighted by molar-refractivity contribution is 5.53. The smallest absolute Gasteiger partial charge is 0.123 e. The molecule has 1 unspecified atom stereocenters. The van der Waals surface area contributed by atoms with Crippen LogP contribution in [0.3, 0.4) is 0 Å². The van der Waals surface area contributed by atoms with Gasteiger partial charge in [-0.25, -0.2) is 0 Å². The lowest BCUT2D eigenvalue weighted by Crippen LogP contribution is -2.13. The molecule has 3 nitrogen and oxygen atoms in total. The first-order valence-electron chi connectivity index (χ1n) is 12.3. The molecule has 0 aromatic carbocycles. The van der Waals surface area contributed by atoms with Crippen LogP contribution < -0.4 is 5.32 Å². The van der Waals surface area contributed by atoms with Gasteiger partial charge in [0.1, 0.15) is 6.29 Å². The van der Waals surface area contributed by atoms with Crippen molar-refractivity contribution < 1.29 is 9.53 Å². The summed E-state index contributed by atoms with van der Waals surface area (Å²) in [7, 11) is 1.71. The third-order valence-corrected chi connectivity index (χ3v) is 4.16. The highest BCUT2D eigenvalue weighted by atomic mass is 16.5. The topological polar surface area (TPSA) is 38.3 Å². The number of methoxy groups -OCH3 is 1. The summed E-state index contributed by atoms with van der Waals surface area (Å²) in [6.45, 7) is 18.1. The lowest BCUT2D eigenvalue weighted by atomic mass is 9.97. The minimum atomic E-state index is 0.344. The molecule has 1 atom stereocenters. The van der Waals surface area contributed by atoms with Crippen molar-refractivity contribution in [3.63, 3.8) is 0 Å². The summed E-state index contributed by atoms with van der Waals surface area (Å²) in [5.41, 5.74) is 0. The molecular formula is C25H57NO2. The Bertz CT molecular complexity index is 215. The zero-order valence-electron chi connectivity index (χ0n) is 21.1. The summed E-state index contributed by atoms with van der Waals surface area (Å²) < 4.78 is 4.69. The highest BCUT2D eigenvalue weighted by Crippen LogP contribution is 2.14. The van der Waals surface area contributed by atoms with Gasteiger partial charge in [0.2, 0.25) is 0 Å². The van der Waals surface area contributed by atoms with Gasteiger partial charge in [-0.05, 0) is 38.8 Å². The van der Waals surface area contributed by atoms with Crippen LogP contribution in [0.4, 0.5) is 0 Å². The largest absolute Gasteiger partial charge is 0.385 e. The number of carbonyl (C=O) groups excluding carboxylic acids is 1. The van der Waals surface area contributed by atoms with E-state index in [2.05, 4.69) is 39.9 Å². The van der Waals surface area contributed by atoms with Crippen molar-refractivity contribution in [3.05, 3.63) is 0 Å². The van der Waals surface area contributed by atoms with E-state index in [-0.39, 0.29) is 0 Å². The summed E-state index contributed by atoms with van der Waals surface area (Å²) in [6.07, 6.45) is 16.1. The van der Waals surface area contributed by atoms with Gasteiger partial charge in [0.05, 0.1) is 0 Å². The minimum absolute atomic E-state index is 0.344. The molecule has 0 amide bonds. The van der Waals surface area contributed by atoms with E-state index in [0.717, 1.165) is 38.7 Å². The Morgan fingerprint density at radius 2 is 1.29 bits per heavy atom. The Morgan fingerprint density at radius 1 is 0.750 bits per heavy atom. The quantitative estimate of drug-likeness (QED) is 0.211. The average Bonchev–Trinajstić information content (AvgIpc) is 2.74. The second-order valence-electron chi connectivity index (χ2n) is 6.94. The van der Waals surface area contributed by atoms with Gasteiger partial charge in [0.25, 0.3) is 0 Å². The molecule has 3 heteroatoms. The van der Waals surface area contributed by atoms with Gasteiger partial charge in [0.15, 0.2) is 0 Å². The first-order valence-corrected chi connectivity index (χ1v) is 12.3. The van der Waals surface area contributed by atoms with Crippen molar-refractivity contribution in [2.75, 3.05) is 26.8 Å². The van der Waals surface area contributed by atoms with Crippen LogP contribution in [0.1, 0.15) is 126 Å². The summed E-state index contributed by atoms with van der Waals surface area (Å²) in [5.74, 6) is 0.344. The van der Waals surface area contributed by atoms with Crippen molar-refractivity contribution in [2.45, 2.75) is 126 Å². The number of hydrogen-bond acceptors (Lipinski definition) is 3. The number of aldehydes is 1. The third-order valence-electron chi connectivity index (χ3n) is 4.16. The summed E-state index contributed by atoms with van der Waals surface area (Å²) in [5, 5.41) is 3.28. The van der Waals surface area contributed by atoms with E-state index in [1.54, 1.807) is 7.11 Å². The summed E-state index contributed by atoms with van der Waals surface area (Å²) in [4.78, 5) is 10.7. The SMILES string of the molecule is CC.CCCCCCC(C=O)CCCC.CCCCCNCC.CCCOC. The van der Waals surface area contributed by atoms with Crippen molar-refractivity contribution in [3.8, 4) is 0 Å². The lowest BCUT2D eigenvalue weighted by Gasteiger charge is -2.08. The van der Waals surface area contributed by atoms with Crippen LogP contribution in [0.25, 0.3) is 0 Å². The minimum Gasteiger partial charge on any atom is -0.385 e. The molecule has 0 rings (SSSR count). The number of nitrogens with one attached hydrogen (secondary N) is 1. The molecule has 174 valence electrons. The fourth-order valence-corrected chi connectivity index (χ4v) is 2.46. The molecule has 0 spiro atoms. The average molecular weight is 404 g/mol. The molecule has 0 aromatic rings. The van der Waals surface area contributed by atoms with E-state index < -0.39 is 0 Å². The van der Waals surface area contributed by atoms with Crippen LogP contribution in [-0.2, 0) is 9.53 Å². The van der Waals surface area contributed by atoms with E-state index in [9.17, 15) is 4.79 Å². The Morgan fingerprint density at radius 3 is 1.68 bits per heavy atom. The molecule has 0 heterocycles. The monoisotopic (exact) mass is 403 g/mol. The molecule has 0 bridgehead atoms. The van der Waals surface area contributed by atoms with Crippen LogP contribution >= 0.6 is 0 Å². The molecule has 0 radical (unpaired) electrons. The zero-order valence-corrected chi connectivity index (χ0v) is 21.1. The standard InChI is InChI=1S/C12H24O.C7H17N.C4H10O.C2H6/c1-3-5-7-8-10-12(11-13)9-6-4-2;1-3-5-6-7-8-4-2;1-3-4-5-2;1-2/h11-12H,3-10H2,1-2H3;8H,3-7H2,1-2H3;3-4H2,1-2H3;1-2H3. The van der Waals surface area contributed by atoms with Gasteiger partial charge in [-0.15, -0.1) is 0 Å². The molecule has 28 heavy (non-hydrogen) atoms. The Balaban J connectivity index is -0.000000163. The number of rotatable bonds is 16. The molecule has 0 saturated heterocycles. The van der Waals surface area contributed by atoms with Crippen molar-refractivity contribution in [2.24, 2.45) is 5.92 Å². The number of unbranched alkanes of at least 4 members (excludes halogenated alkanes) is 6. The van der Waals surface area contributed by atoms with Crippen LogP contribution in [0.15, 0.2) is 0 Å². The molecule has 0 aliphatic heterocycles. The van der Waals surface area contributed by atoms with Gasteiger partial charge < -0.3 is 14.8 Å². The van der Waals surface area contributed by atoms with Crippen LogP contribution in [0.2, 0.25) is 0 Å². The molecule has 0 aliphatic carbocycles. The van der Waals surface area contributed by atoms with E-state index in [4.69, 9.17) is 4.74 Å². The molecular weight excluding hydrogens is 346 g/mol. The number of ether oxygens (including phenoxy) is 1. The third kappa shape index (κ3) is 44.8. The number of hydrogen-bond donors (Lipinski definition) is 1. The Hall–Kier alpha value is -0.410. The molecule has 0 aromatic heterocycles.